The molecule has 33 heavy (non-hydrogen) atoms. The second-order valence-corrected chi connectivity index (χ2v) is 8.85. The molecular weight excluding hydrogens is 417 g/mol. The van der Waals surface area contributed by atoms with Crippen LogP contribution in [0.15, 0.2) is 72.8 Å². The Morgan fingerprint density at radius 1 is 0.848 bits per heavy atom. The SMILES string of the molecule is C/C=C/CCC1CC=C(c2ccc(-c3ccc(-c4ccc(C)c(F)c4F)cc3)cc2F)CC1. The number of hydrogen-bond donors (Lipinski definition) is 0. The van der Waals surface area contributed by atoms with E-state index in [1.807, 2.05) is 31.2 Å². The van der Waals surface area contributed by atoms with E-state index in [2.05, 4.69) is 18.2 Å². The summed E-state index contributed by atoms with van der Waals surface area (Å²) in [5.41, 5.74) is 4.45. The molecule has 0 N–H and O–H groups in total. The summed E-state index contributed by atoms with van der Waals surface area (Å²) in [6.45, 7) is 3.58. The average molecular weight is 447 g/mol. The van der Waals surface area contributed by atoms with E-state index in [1.165, 1.54) is 13.3 Å². The number of halogens is 3. The largest absolute Gasteiger partial charge is 0.206 e. The number of allylic oxidation sites excluding steroid dienone is 4. The van der Waals surface area contributed by atoms with Crippen LogP contribution in [0.3, 0.4) is 0 Å². The first-order chi connectivity index (χ1) is 16.0. The zero-order valence-corrected chi connectivity index (χ0v) is 19.2. The lowest BCUT2D eigenvalue weighted by molar-refractivity contribution is 0.453. The molecule has 0 fully saturated rings. The molecule has 1 atom stereocenters. The Labute approximate surface area is 194 Å². The molecule has 0 bridgehead atoms. The summed E-state index contributed by atoms with van der Waals surface area (Å²) >= 11 is 0. The highest BCUT2D eigenvalue weighted by atomic mass is 19.2. The smallest absolute Gasteiger partial charge is 0.166 e. The van der Waals surface area contributed by atoms with Crippen molar-refractivity contribution in [3.05, 3.63) is 101 Å². The van der Waals surface area contributed by atoms with Crippen molar-refractivity contribution in [3.63, 3.8) is 0 Å². The van der Waals surface area contributed by atoms with E-state index in [0.29, 0.717) is 17.0 Å². The molecular formula is C30H29F3. The summed E-state index contributed by atoms with van der Waals surface area (Å²) in [4.78, 5) is 0. The highest BCUT2D eigenvalue weighted by Crippen LogP contribution is 2.35. The summed E-state index contributed by atoms with van der Waals surface area (Å²) in [6.07, 6.45) is 11.8. The summed E-state index contributed by atoms with van der Waals surface area (Å²) in [5, 5.41) is 0. The summed E-state index contributed by atoms with van der Waals surface area (Å²) in [7, 11) is 0. The first-order valence-corrected chi connectivity index (χ1v) is 11.6. The van der Waals surface area contributed by atoms with Crippen LogP contribution in [0.4, 0.5) is 13.2 Å². The van der Waals surface area contributed by atoms with Crippen molar-refractivity contribution in [2.75, 3.05) is 0 Å². The Morgan fingerprint density at radius 2 is 1.55 bits per heavy atom. The second-order valence-electron chi connectivity index (χ2n) is 8.85. The van der Waals surface area contributed by atoms with Gasteiger partial charge in [0.2, 0.25) is 0 Å². The topological polar surface area (TPSA) is 0 Å². The maximum Gasteiger partial charge on any atom is 0.166 e. The van der Waals surface area contributed by atoms with Crippen molar-refractivity contribution in [1.29, 1.82) is 0 Å². The maximum atomic E-state index is 15.0. The lowest BCUT2D eigenvalue weighted by Gasteiger charge is -2.22. The van der Waals surface area contributed by atoms with Crippen molar-refractivity contribution in [3.8, 4) is 22.3 Å². The first kappa shape index (κ1) is 23.1. The fourth-order valence-electron chi connectivity index (χ4n) is 4.56. The van der Waals surface area contributed by atoms with E-state index in [1.54, 1.807) is 30.3 Å². The van der Waals surface area contributed by atoms with Crippen molar-refractivity contribution in [1.82, 2.24) is 0 Å². The fourth-order valence-corrected chi connectivity index (χ4v) is 4.56. The van der Waals surface area contributed by atoms with Gasteiger partial charge >= 0.3 is 0 Å². The van der Waals surface area contributed by atoms with Crippen LogP contribution >= 0.6 is 0 Å². The Balaban J connectivity index is 1.50. The molecule has 1 aliphatic rings. The van der Waals surface area contributed by atoms with Crippen LogP contribution in [0.25, 0.3) is 27.8 Å². The molecule has 0 aliphatic heterocycles. The van der Waals surface area contributed by atoms with Crippen LogP contribution in [0.2, 0.25) is 0 Å². The van der Waals surface area contributed by atoms with Crippen molar-refractivity contribution < 1.29 is 13.2 Å². The normalized spacial score (nSPS) is 16.3. The van der Waals surface area contributed by atoms with E-state index < -0.39 is 11.6 Å². The molecule has 0 saturated carbocycles. The molecule has 0 spiro atoms. The lowest BCUT2D eigenvalue weighted by atomic mass is 9.84. The number of benzene rings is 3. The third-order valence-electron chi connectivity index (χ3n) is 6.62. The predicted molar refractivity (Wildman–Crippen MR) is 131 cm³/mol. The zero-order chi connectivity index (χ0) is 23.4. The third-order valence-corrected chi connectivity index (χ3v) is 6.62. The number of hydrogen-bond acceptors (Lipinski definition) is 0. The van der Waals surface area contributed by atoms with Crippen molar-refractivity contribution in [2.24, 2.45) is 5.92 Å². The Hall–Kier alpha value is -3.07. The summed E-state index contributed by atoms with van der Waals surface area (Å²) in [6, 6.07) is 15.6. The molecule has 4 rings (SSSR count). The van der Waals surface area contributed by atoms with E-state index in [9.17, 15) is 8.78 Å². The third kappa shape index (κ3) is 5.13. The van der Waals surface area contributed by atoms with Gasteiger partial charge in [-0.05, 0) is 85.8 Å². The monoisotopic (exact) mass is 446 g/mol. The van der Waals surface area contributed by atoms with Gasteiger partial charge in [-0.2, -0.15) is 0 Å². The average Bonchev–Trinajstić information content (AvgIpc) is 2.83. The van der Waals surface area contributed by atoms with Gasteiger partial charge in [0.05, 0.1) is 0 Å². The van der Waals surface area contributed by atoms with Crippen LogP contribution in [0, 0.1) is 30.3 Å². The summed E-state index contributed by atoms with van der Waals surface area (Å²) in [5.74, 6) is -1.21. The number of aryl methyl sites for hydroxylation is 1. The molecule has 3 aromatic carbocycles. The van der Waals surface area contributed by atoms with Gasteiger partial charge in [-0.15, -0.1) is 0 Å². The molecule has 0 saturated heterocycles. The van der Waals surface area contributed by atoms with Crippen molar-refractivity contribution >= 4 is 5.57 Å². The number of rotatable bonds is 6. The first-order valence-electron chi connectivity index (χ1n) is 11.6. The summed E-state index contributed by atoms with van der Waals surface area (Å²) < 4.78 is 43.2. The molecule has 0 amide bonds. The van der Waals surface area contributed by atoms with Gasteiger partial charge in [-0.1, -0.05) is 66.8 Å². The molecule has 3 aromatic rings. The van der Waals surface area contributed by atoms with E-state index >= 15 is 4.39 Å². The van der Waals surface area contributed by atoms with Gasteiger partial charge in [0.15, 0.2) is 11.6 Å². The minimum Gasteiger partial charge on any atom is -0.206 e. The van der Waals surface area contributed by atoms with Gasteiger partial charge in [0.25, 0.3) is 0 Å². The van der Waals surface area contributed by atoms with Crippen LogP contribution in [-0.2, 0) is 0 Å². The molecule has 170 valence electrons. The molecule has 3 heteroatoms. The lowest BCUT2D eigenvalue weighted by Crippen LogP contribution is -2.06. The Kier molecular flexibility index (Phi) is 7.17. The fraction of sp³-hybridized carbons (Fsp3) is 0.267. The Bertz CT molecular complexity index is 1190. The molecule has 1 unspecified atom stereocenters. The quantitative estimate of drug-likeness (QED) is 0.331. The van der Waals surface area contributed by atoms with Crippen molar-refractivity contribution in [2.45, 2.75) is 46.0 Å². The van der Waals surface area contributed by atoms with Gasteiger partial charge in [0, 0.05) is 11.1 Å². The second kappa shape index (κ2) is 10.2. The minimum atomic E-state index is -0.844. The van der Waals surface area contributed by atoms with Gasteiger partial charge < -0.3 is 0 Å². The minimum absolute atomic E-state index is 0.221. The van der Waals surface area contributed by atoms with Gasteiger partial charge in [-0.3, -0.25) is 0 Å². The highest BCUT2D eigenvalue weighted by molar-refractivity contribution is 5.74. The predicted octanol–water partition coefficient (Wildman–Crippen LogP) is 9.29. The molecule has 0 heterocycles. The zero-order valence-electron chi connectivity index (χ0n) is 19.2. The molecule has 0 radical (unpaired) electrons. The van der Waals surface area contributed by atoms with Crippen LogP contribution < -0.4 is 0 Å². The van der Waals surface area contributed by atoms with E-state index in [-0.39, 0.29) is 16.9 Å². The van der Waals surface area contributed by atoms with Gasteiger partial charge in [0.1, 0.15) is 5.82 Å². The molecule has 0 nitrogen and oxygen atoms in total. The van der Waals surface area contributed by atoms with Gasteiger partial charge in [-0.25, -0.2) is 13.2 Å². The van der Waals surface area contributed by atoms with Crippen LogP contribution in [0.1, 0.15) is 50.2 Å². The van der Waals surface area contributed by atoms with Crippen LogP contribution in [-0.4, -0.2) is 0 Å². The van der Waals surface area contributed by atoms with E-state index in [0.717, 1.165) is 42.4 Å². The maximum absolute atomic E-state index is 15.0. The standard InChI is InChI=1S/C30H29F3/c1-3-4-5-6-21-8-10-23(11-9-21)26-18-16-25(19-28(26)31)22-12-14-24(15-13-22)27-17-7-20(2)29(32)30(27)33/h3-4,7,10,12-19,21H,5-6,8-9,11H2,1-2H3/b4-3+. The Morgan fingerprint density at radius 3 is 2.21 bits per heavy atom. The highest BCUT2D eigenvalue weighted by Gasteiger charge is 2.18. The van der Waals surface area contributed by atoms with E-state index in [4.69, 9.17) is 0 Å². The molecule has 0 aromatic heterocycles. The molecule has 1 aliphatic carbocycles. The van der Waals surface area contributed by atoms with Crippen LogP contribution in [0.5, 0.6) is 0 Å².